The molecule has 0 spiro atoms. The van der Waals surface area contributed by atoms with Crippen LogP contribution in [0.25, 0.3) is 0 Å². The minimum Gasteiger partial charge on any atom is -0.0988 e. The van der Waals surface area contributed by atoms with Gasteiger partial charge in [0.2, 0.25) is 0 Å². The van der Waals surface area contributed by atoms with Gasteiger partial charge >= 0.3 is 0 Å². The Labute approximate surface area is 76.8 Å². The Morgan fingerprint density at radius 1 is 1.31 bits per heavy atom. The number of allylic oxidation sites excluding steroid dienone is 1. The van der Waals surface area contributed by atoms with E-state index in [2.05, 4.69) is 0 Å². The predicted molar refractivity (Wildman–Crippen MR) is 51.2 cm³/mol. The minimum absolute atomic E-state index is 0.666. The van der Waals surface area contributed by atoms with Gasteiger partial charge in [0.1, 0.15) is 12.2 Å². The molecule has 0 aliphatic carbocycles. The molecule has 1 aliphatic heterocycles. The second-order valence-corrected chi connectivity index (χ2v) is 3.04. The summed E-state index contributed by atoms with van der Waals surface area (Å²) in [5.41, 5.74) is 1.69. The Morgan fingerprint density at radius 3 is 2.54 bits per heavy atom. The van der Waals surface area contributed by atoms with Gasteiger partial charge in [0, 0.05) is 13.0 Å². The van der Waals surface area contributed by atoms with Crippen molar-refractivity contribution in [3.05, 3.63) is 47.0 Å². The fourth-order valence-electron chi connectivity index (χ4n) is 1.37. The van der Waals surface area contributed by atoms with Gasteiger partial charge in [-0.1, -0.05) is 23.2 Å². The lowest BCUT2D eigenvalue weighted by molar-refractivity contribution is -0.502. The Kier molecular flexibility index (Phi) is 1.85. The molecule has 0 bridgehead atoms. The topological polar surface area (TPSA) is 23.3 Å². The second-order valence-electron chi connectivity index (χ2n) is 3.04. The number of para-hydroxylation sites is 1. The lowest BCUT2D eigenvalue weighted by Gasteiger charge is -2.06. The molecule has 0 N–H and O–H groups in total. The van der Waals surface area contributed by atoms with E-state index in [1.807, 2.05) is 43.3 Å². The SMILES string of the molecule is CC1=CCN(c2ccccc2)[N+]1=O. The number of hydrazine groups is 1. The van der Waals surface area contributed by atoms with Crippen molar-refractivity contribution < 1.29 is 4.87 Å². The van der Waals surface area contributed by atoms with Crippen molar-refractivity contribution in [2.75, 3.05) is 11.6 Å². The second kappa shape index (κ2) is 3.01. The first-order valence-corrected chi connectivity index (χ1v) is 4.25. The molecule has 1 aromatic carbocycles. The number of hydrogen-bond donors (Lipinski definition) is 0. The van der Waals surface area contributed by atoms with Crippen LogP contribution in [0.3, 0.4) is 0 Å². The summed E-state index contributed by atoms with van der Waals surface area (Å²) >= 11 is 0. The molecule has 2 rings (SSSR count). The highest BCUT2D eigenvalue weighted by Crippen LogP contribution is 2.19. The van der Waals surface area contributed by atoms with Crippen LogP contribution in [0.5, 0.6) is 0 Å². The summed E-state index contributed by atoms with van der Waals surface area (Å²) in [5, 5.41) is 1.69. The smallest absolute Gasteiger partial charge is 0.0988 e. The molecule has 0 amide bonds. The van der Waals surface area contributed by atoms with Gasteiger partial charge in [0.15, 0.2) is 4.87 Å². The van der Waals surface area contributed by atoms with E-state index >= 15 is 0 Å². The number of hydrogen-bond acceptors (Lipinski definition) is 1. The van der Waals surface area contributed by atoms with Gasteiger partial charge < -0.3 is 0 Å². The van der Waals surface area contributed by atoms with E-state index in [4.69, 9.17) is 0 Å². The molecule has 66 valence electrons. The monoisotopic (exact) mass is 175 g/mol. The first-order valence-electron chi connectivity index (χ1n) is 4.25. The zero-order valence-electron chi connectivity index (χ0n) is 7.47. The molecular formula is C10H11N2O+. The summed E-state index contributed by atoms with van der Waals surface area (Å²) in [4.78, 5) is 12.4. The van der Waals surface area contributed by atoms with Crippen molar-refractivity contribution in [3.8, 4) is 0 Å². The van der Waals surface area contributed by atoms with E-state index < -0.39 is 0 Å². The zero-order chi connectivity index (χ0) is 9.26. The maximum atomic E-state index is 11.5. The van der Waals surface area contributed by atoms with Crippen LogP contribution in [0.15, 0.2) is 42.1 Å². The largest absolute Gasteiger partial charge is 0.264 e. The van der Waals surface area contributed by atoms with Crippen LogP contribution in [0.4, 0.5) is 5.69 Å². The van der Waals surface area contributed by atoms with Crippen LogP contribution in [-0.4, -0.2) is 11.4 Å². The number of benzene rings is 1. The third kappa shape index (κ3) is 1.33. The first-order chi connectivity index (χ1) is 6.29. The molecule has 3 nitrogen and oxygen atoms in total. The first kappa shape index (κ1) is 7.98. The summed E-state index contributed by atoms with van der Waals surface area (Å²) in [6, 6.07) is 9.65. The van der Waals surface area contributed by atoms with E-state index in [1.54, 1.807) is 5.01 Å². The quantitative estimate of drug-likeness (QED) is 0.610. The Hall–Kier alpha value is -1.64. The van der Waals surface area contributed by atoms with Crippen LogP contribution in [0.2, 0.25) is 0 Å². The fraction of sp³-hybridized carbons (Fsp3) is 0.200. The highest BCUT2D eigenvalue weighted by Gasteiger charge is 2.30. The van der Waals surface area contributed by atoms with Crippen LogP contribution in [-0.2, 0) is 0 Å². The number of nitrogens with zero attached hydrogens (tertiary/aromatic N) is 2. The maximum absolute atomic E-state index is 11.5. The van der Waals surface area contributed by atoms with E-state index in [1.165, 1.54) is 0 Å². The molecule has 1 aromatic rings. The normalized spacial score (nSPS) is 16.2. The third-order valence-corrected chi connectivity index (χ3v) is 2.13. The van der Waals surface area contributed by atoms with Gasteiger partial charge in [-0.15, -0.1) is 0 Å². The van der Waals surface area contributed by atoms with Crippen LogP contribution in [0.1, 0.15) is 6.92 Å². The molecule has 0 radical (unpaired) electrons. The van der Waals surface area contributed by atoms with E-state index in [9.17, 15) is 4.91 Å². The van der Waals surface area contributed by atoms with Crippen LogP contribution in [0, 0.1) is 4.91 Å². The van der Waals surface area contributed by atoms with Crippen molar-refractivity contribution in [3.63, 3.8) is 0 Å². The standard InChI is InChI=1S/C10H11N2O/c1-9-7-8-11(12(9)13)10-5-3-2-4-6-10/h2-7H,8H2,1H3/q+1. The summed E-state index contributed by atoms with van der Waals surface area (Å²) in [6.07, 6.45) is 1.92. The summed E-state index contributed by atoms with van der Waals surface area (Å²) in [7, 11) is 0. The molecular weight excluding hydrogens is 164 g/mol. The molecule has 0 aromatic heterocycles. The highest BCUT2D eigenvalue weighted by atomic mass is 16.3. The Morgan fingerprint density at radius 2 is 2.00 bits per heavy atom. The Bertz CT molecular complexity index is 356. The minimum atomic E-state index is 0.666. The number of anilines is 1. The van der Waals surface area contributed by atoms with Crippen molar-refractivity contribution in [2.24, 2.45) is 0 Å². The number of rotatable bonds is 1. The third-order valence-electron chi connectivity index (χ3n) is 2.13. The molecule has 1 aliphatic rings. The molecule has 0 atom stereocenters. The average molecular weight is 175 g/mol. The molecule has 13 heavy (non-hydrogen) atoms. The predicted octanol–water partition coefficient (Wildman–Crippen LogP) is 2.10. The van der Waals surface area contributed by atoms with E-state index in [0.717, 1.165) is 16.3 Å². The van der Waals surface area contributed by atoms with Gasteiger partial charge in [0.05, 0.1) is 4.91 Å². The molecule has 0 saturated heterocycles. The fourth-order valence-corrected chi connectivity index (χ4v) is 1.37. The van der Waals surface area contributed by atoms with Gasteiger partial charge in [-0.3, -0.25) is 0 Å². The molecule has 3 heteroatoms. The summed E-state index contributed by atoms with van der Waals surface area (Å²) in [5.74, 6) is 0. The summed E-state index contributed by atoms with van der Waals surface area (Å²) in [6.45, 7) is 2.48. The van der Waals surface area contributed by atoms with E-state index in [0.29, 0.717) is 6.54 Å². The lowest BCUT2D eigenvalue weighted by atomic mass is 10.3. The summed E-state index contributed by atoms with van der Waals surface area (Å²) < 4.78 is 0. The average Bonchev–Trinajstić information content (AvgIpc) is 2.49. The van der Waals surface area contributed by atoms with Crippen LogP contribution >= 0.6 is 0 Å². The maximum Gasteiger partial charge on any atom is 0.264 e. The van der Waals surface area contributed by atoms with Crippen molar-refractivity contribution in [1.82, 2.24) is 0 Å². The highest BCUT2D eigenvalue weighted by molar-refractivity contribution is 5.44. The molecule has 1 heterocycles. The molecule has 0 fully saturated rings. The van der Waals surface area contributed by atoms with Crippen molar-refractivity contribution in [1.29, 1.82) is 0 Å². The van der Waals surface area contributed by atoms with Crippen molar-refractivity contribution >= 4 is 5.69 Å². The van der Waals surface area contributed by atoms with Gasteiger partial charge in [0.25, 0.3) is 5.70 Å². The Balaban J connectivity index is 2.27. The zero-order valence-corrected chi connectivity index (χ0v) is 7.47. The van der Waals surface area contributed by atoms with Crippen molar-refractivity contribution in [2.45, 2.75) is 6.92 Å². The number of nitroso groups, excluding NO2 is 1. The van der Waals surface area contributed by atoms with Gasteiger partial charge in [-0.25, -0.2) is 0 Å². The van der Waals surface area contributed by atoms with Gasteiger partial charge in [-0.05, 0) is 12.1 Å². The van der Waals surface area contributed by atoms with Crippen LogP contribution < -0.4 is 5.01 Å². The van der Waals surface area contributed by atoms with E-state index in [-0.39, 0.29) is 0 Å². The molecule has 0 unspecified atom stereocenters. The molecule has 0 saturated carbocycles. The lowest BCUT2D eigenvalue weighted by Crippen LogP contribution is -2.26. The van der Waals surface area contributed by atoms with Gasteiger partial charge in [-0.2, -0.15) is 0 Å².